The first-order chi connectivity index (χ1) is 12.3. The minimum atomic E-state index is -3.48. The van der Waals surface area contributed by atoms with E-state index in [1.807, 2.05) is 12.1 Å². The highest BCUT2D eigenvalue weighted by molar-refractivity contribution is 9.10. The monoisotopic (exact) mass is 437 g/mol. The molecule has 0 aliphatic heterocycles. The fraction of sp³-hybridized carbons (Fsp3) is 0.176. The van der Waals surface area contributed by atoms with Gasteiger partial charge in [-0.25, -0.2) is 12.7 Å². The molecule has 0 atom stereocenters. The van der Waals surface area contributed by atoms with E-state index in [9.17, 15) is 8.42 Å². The van der Waals surface area contributed by atoms with E-state index < -0.39 is 10.0 Å². The molecule has 0 spiro atoms. The molecule has 0 unspecified atom stereocenters. The summed E-state index contributed by atoms with van der Waals surface area (Å²) in [6.07, 6.45) is 0. The Morgan fingerprint density at radius 1 is 1.00 bits per heavy atom. The maximum Gasteiger partial charge on any atom is 0.248 e. The molecule has 3 rings (SSSR count). The summed E-state index contributed by atoms with van der Waals surface area (Å²) in [4.78, 5) is 0.199. The lowest BCUT2D eigenvalue weighted by Crippen LogP contribution is -2.22. The number of hydrogen-bond acceptors (Lipinski definition) is 6. The Morgan fingerprint density at radius 2 is 1.58 bits per heavy atom. The Hall–Kier alpha value is -2.23. The maximum absolute atomic E-state index is 12.1. The summed E-state index contributed by atoms with van der Waals surface area (Å²) in [5.41, 5.74) is 1.37. The van der Waals surface area contributed by atoms with Gasteiger partial charge in [0.25, 0.3) is 0 Å². The maximum atomic E-state index is 12.1. The number of sulfonamides is 1. The standard InChI is InChI=1S/C17H16BrN3O4S/c1-21(2)26(22,23)13-7-4-11(5-8-13)16-19-20-17(25-16)12-6-9-15(24-3)14(18)10-12/h4-10H,1-3H3. The first kappa shape index (κ1) is 18.6. The van der Waals surface area contributed by atoms with E-state index in [0.717, 1.165) is 14.3 Å². The van der Waals surface area contributed by atoms with Crippen LogP contribution in [0.2, 0.25) is 0 Å². The average Bonchev–Trinajstić information content (AvgIpc) is 3.11. The normalized spacial score (nSPS) is 11.7. The van der Waals surface area contributed by atoms with Gasteiger partial charge in [-0.2, -0.15) is 0 Å². The van der Waals surface area contributed by atoms with E-state index in [2.05, 4.69) is 26.1 Å². The van der Waals surface area contributed by atoms with Crippen molar-refractivity contribution in [2.45, 2.75) is 4.90 Å². The third-order valence-corrected chi connectivity index (χ3v) is 6.15. The summed E-state index contributed by atoms with van der Waals surface area (Å²) in [7, 11) is 1.09. The van der Waals surface area contributed by atoms with E-state index >= 15 is 0 Å². The zero-order valence-corrected chi connectivity index (χ0v) is 16.7. The second-order valence-corrected chi connectivity index (χ2v) is 8.58. The zero-order valence-electron chi connectivity index (χ0n) is 14.3. The molecule has 0 aliphatic rings. The van der Waals surface area contributed by atoms with Gasteiger partial charge < -0.3 is 9.15 Å². The van der Waals surface area contributed by atoms with Gasteiger partial charge >= 0.3 is 0 Å². The van der Waals surface area contributed by atoms with Gasteiger partial charge in [-0.1, -0.05) is 0 Å². The first-order valence-electron chi connectivity index (χ1n) is 7.53. The molecule has 0 saturated carbocycles. The molecule has 0 saturated heterocycles. The smallest absolute Gasteiger partial charge is 0.248 e. The van der Waals surface area contributed by atoms with Crippen LogP contribution in [0.3, 0.4) is 0 Å². The summed E-state index contributed by atoms with van der Waals surface area (Å²) in [6, 6.07) is 11.7. The minimum Gasteiger partial charge on any atom is -0.496 e. The highest BCUT2D eigenvalue weighted by Gasteiger charge is 2.18. The largest absolute Gasteiger partial charge is 0.496 e. The van der Waals surface area contributed by atoms with Crippen LogP contribution < -0.4 is 4.74 Å². The number of hydrogen-bond donors (Lipinski definition) is 0. The van der Waals surface area contributed by atoms with Crippen LogP contribution >= 0.6 is 15.9 Å². The van der Waals surface area contributed by atoms with Gasteiger partial charge in [-0.15, -0.1) is 10.2 Å². The van der Waals surface area contributed by atoms with E-state index in [4.69, 9.17) is 9.15 Å². The lowest BCUT2D eigenvalue weighted by molar-refractivity contribution is 0.412. The first-order valence-corrected chi connectivity index (χ1v) is 9.76. The molecule has 0 aliphatic carbocycles. The lowest BCUT2D eigenvalue weighted by Gasteiger charge is -2.11. The molecule has 0 N–H and O–H groups in total. The number of halogens is 1. The van der Waals surface area contributed by atoms with Gasteiger partial charge in [0.1, 0.15) is 5.75 Å². The second kappa shape index (κ2) is 7.18. The van der Waals surface area contributed by atoms with Gasteiger partial charge in [0.05, 0.1) is 16.5 Å². The average molecular weight is 438 g/mol. The summed E-state index contributed by atoms with van der Waals surface area (Å²) in [5, 5.41) is 8.09. The van der Waals surface area contributed by atoms with Crippen LogP contribution in [-0.4, -0.2) is 44.1 Å². The molecular weight excluding hydrogens is 422 g/mol. The van der Waals surface area contributed by atoms with Crippen LogP contribution in [0.25, 0.3) is 22.9 Å². The van der Waals surface area contributed by atoms with E-state index in [1.54, 1.807) is 25.3 Å². The number of rotatable bonds is 5. The third kappa shape index (κ3) is 3.50. The van der Waals surface area contributed by atoms with Crippen LogP contribution in [0.15, 0.2) is 56.2 Å². The Bertz CT molecular complexity index is 1030. The molecule has 7 nitrogen and oxygen atoms in total. The fourth-order valence-electron chi connectivity index (χ4n) is 2.24. The molecule has 0 fully saturated rings. The van der Waals surface area contributed by atoms with Gasteiger partial charge in [-0.3, -0.25) is 0 Å². The number of nitrogens with zero attached hydrogens (tertiary/aromatic N) is 3. The highest BCUT2D eigenvalue weighted by atomic mass is 79.9. The van der Waals surface area contributed by atoms with Crippen molar-refractivity contribution in [2.75, 3.05) is 21.2 Å². The van der Waals surface area contributed by atoms with Crippen molar-refractivity contribution in [2.24, 2.45) is 0 Å². The van der Waals surface area contributed by atoms with Crippen molar-refractivity contribution < 1.29 is 17.6 Å². The predicted molar refractivity (Wildman–Crippen MR) is 100 cm³/mol. The Balaban J connectivity index is 1.89. The van der Waals surface area contributed by atoms with Crippen LogP contribution in [0.5, 0.6) is 5.75 Å². The third-order valence-electron chi connectivity index (χ3n) is 3.70. The molecule has 1 heterocycles. The summed E-state index contributed by atoms with van der Waals surface area (Å²) in [5.74, 6) is 1.36. The Morgan fingerprint density at radius 3 is 2.12 bits per heavy atom. The number of ether oxygens (including phenoxy) is 1. The van der Waals surface area contributed by atoms with Crippen LogP contribution in [0.1, 0.15) is 0 Å². The molecule has 2 aromatic carbocycles. The van der Waals surface area contributed by atoms with Crippen molar-refractivity contribution in [3.05, 3.63) is 46.9 Å². The Labute approximate surface area is 159 Å². The van der Waals surface area contributed by atoms with Gasteiger partial charge in [-0.05, 0) is 58.4 Å². The van der Waals surface area contributed by atoms with Gasteiger partial charge in [0, 0.05) is 25.2 Å². The van der Waals surface area contributed by atoms with E-state index in [-0.39, 0.29) is 4.90 Å². The lowest BCUT2D eigenvalue weighted by atomic mass is 10.2. The predicted octanol–water partition coefficient (Wildman–Crippen LogP) is 3.43. The number of aromatic nitrogens is 2. The number of methoxy groups -OCH3 is 1. The SMILES string of the molecule is COc1ccc(-c2nnc(-c3ccc(S(=O)(=O)N(C)C)cc3)o2)cc1Br. The number of benzene rings is 2. The molecule has 136 valence electrons. The Kier molecular flexibility index (Phi) is 5.12. The van der Waals surface area contributed by atoms with Crippen LogP contribution in [0, 0.1) is 0 Å². The van der Waals surface area contributed by atoms with Gasteiger partial charge in [0.15, 0.2) is 0 Å². The van der Waals surface area contributed by atoms with E-state index in [1.165, 1.54) is 26.2 Å². The summed E-state index contributed by atoms with van der Waals surface area (Å²) >= 11 is 3.42. The zero-order chi connectivity index (χ0) is 18.9. The molecule has 26 heavy (non-hydrogen) atoms. The second-order valence-electron chi connectivity index (χ2n) is 5.57. The quantitative estimate of drug-likeness (QED) is 0.607. The molecule has 0 bridgehead atoms. The topological polar surface area (TPSA) is 85.5 Å². The van der Waals surface area contributed by atoms with E-state index in [0.29, 0.717) is 23.1 Å². The molecule has 0 radical (unpaired) electrons. The van der Waals surface area contributed by atoms with Crippen molar-refractivity contribution in [3.63, 3.8) is 0 Å². The summed E-state index contributed by atoms with van der Waals surface area (Å²) < 4.78 is 37.1. The highest BCUT2D eigenvalue weighted by Crippen LogP contribution is 2.31. The molecule has 0 amide bonds. The van der Waals surface area contributed by atoms with Crippen molar-refractivity contribution in [1.82, 2.24) is 14.5 Å². The molecular formula is C17H16BrN3O4S. The minimum absolute atomic E-state index is 0.199. The van der Waals surface area contributed by atoms with Crippen molar-refractivity contribution in [3.8, 4) is 28.7 Å². The fourth-order valence-corrected chi connectivity index (χ4v) is 3.68. The molecule has 9 heteroatoms. The van der Waals surface area contributed by atoms with Crippen LogP contribution in [-0.2, 0) is 10.0 Å². The van der Waals surface area contributed by atoms with Crippen molar-refractivity contribution in [1.29, 1.82) is 0 Å². The molecule has 3 aromatic rings. The van der Waals surface area contributed by atoms with Crippen molar-refractivity contribution >= 4 is 26.0 Å². The van der Waals surface area contributed by atoms with Crippen LogP contribution in [0.4, 0.5) is 0 Å². The van der Waals surface area contributed by atoms with Gasteiger partial charge in [0.2, 0.25) is 21.8 Å². The summed E-state index contributed by atoms with van der Waals surface area (Å²) in [6.45, 7) is 0. The molecule has 1 aromatic heterocycles.